The summed E-state index contributed by atoms with van der Waals surface area (Å²) in [6, 6.07) is 12.1. The third-order valence-corrected chi connectivity index (χ3v) is 5.42. The van der Waals surface area contributed by atoms with Gasteiger partial charge >= 0.3 is 5.97 Å². The number of benzene rings is 2. The molecular formula is C27H28FN3O2. The van der Waals surface area contributed by atoms with Crippen LogP contribution in [0.5, 0.6) is 5.75 Å². The number of halogens is 1. The molecule has 3 rings (SSSR count). The van der Waals surface area contributed by atoms with Gasteiger partial charge in [0, 0.05) is 24.0 Å². The van der Waals surface area contributed by atoms with Gasteiger partial charge in [0.25, 0.3) is 0 Å². The van der Waals surface area contributed by atoms with Crippen LogP contribution in [0, 0.1) is 17.1 Å². The molecule has 2 aromatic carbocycles. The highest BCUT2D eigenvalue weighted by Crippen LogP contribution is 2.20. The largest absolute Gasteiger partial charge is 0.423 e. The van der Waals surface area contributed by atoms with E-state index in [2.05, 4.69) is 16.9 Å². The van der Waals surface area contributed by atoms with Crippen LogP contribution in [0.15, 0.2) is 54.9 Å². The van der Waals surface area contributed by atoms with Crippen molar-refractivity contribution in [3.05, 3.63) is 77.4 Å². The Hall–Kier alpha value is -3.59. The quantitative estimate of drug-likeness (QED) is 0.187. The van der Waals surface area contributed by atoms with E-state index in [-0.39, 0.29) is 11.3 Å². The molecule has 1 heterocycles. The number of ether oxygens (including phenoxy) is 1. The fraction of sp³-hybridized carbons (Fsp3) is 0.333. The van der Waals surface area contributed by atoms with Gasteiger partial charge in [0.1, 0.15) is 17.6 Å². The van der Waals surface area contributed by atoms with Crippen LogP contribution in [-0.2, 0) is 6.42 Å². The van der Waals surface area contributed by atoms with Crippen LogP contribution >= 0.6 is 0 Å². The Bertz CT molecular complexity index is 1090. The zero-order valence-electron chi connectivity index (χ0n) is 18.9. The number of hydrogen-bond donors (Lipinski definition) is 0. The molecule has 0 amide bonds. The molecule has 0 unspecified atom stereocenters. The molecular weight excluding hydrogens is 417 g/mol. The van der Waals surface area contributed by atoms with Crippen LogP contribution in [-0.4, -0.2) is 15.9 Å². The maximum absolute atomic E-state index is 13.7. The molecule has 0 aliphatic heterocycles. The molecule has 170 valence electrons. The van der Waals surface area contributed by atoms with Crippen LogP contribution in [0.2, 0.25) is 0 Å². The minimum absolute atomic E-state index is 0.0421. The van der Waals surface area contributed by atoms with Gasteiger partial charge in [-0.15, -0.1) is 0 Å². The van der Waals surface area contributed by atoms with Crippen LogP contribution in [0.1, 0.15) is 73.4 Å². The first kappa shape index (κ1) is 24.1. The van der Waals surface area contributed by atoms with Gasteiger partial charge in [-0.2, -0.15) is 5.26 Å². The fourth-order valence-electron chi connectivity index (χ4n) is 3.49. The van der Waals surface area contributed by atoms with E-state index < -0.39 is 11.8 Å². The summed E-state index contributed by atoms with van der Waals surface area (Å²) in [6.07, 6.45) is 13.6. The van der Waals surface area contributed by atoms with Gasteiger partial charge in [0.2, 0.25) is 0 Å². The number of nitrogens with zero attached hydrogens (tertiary/aromatic N) is 3. The molecule has 33 heavy (non-hydrogen) atoms. The predicted molar refractivity (Wildman–Crippen MR) is 125 cm³/mol. The predicted octanol–water partition coefficient (Wildman–Crippen LogP) is 6.67. The molecule has 0 aliphatic carbocycles. The molecule has 0 spiro atoms. The molecule has 0 atom stereocenters. The van der Waals surface area contributed by atoms with E-state index in [1.165, 1.54) is 50.7 Å². The molecule has 0 saturated heterocycles. The van der Waals surface area contributed by atoms with Crippen molar-refractivity contribution < 1.29 is 13.9 Å². The van der Waals surface area contributed by atoms with Crippen LogP contribution in [0.3, 0.4) is 0 Å². The molecule has 0 radical (unpaired) electrons. The molecule has 6 heteroatoms. The Kier molecular flexibility index (Phi) is 9.08. The Labute approximate surface area is 194 Å². The summed E-state index contributed by atoms with van der Waals surface area (Å²) in [5.74, 6) is -0.713. The summed E-state index contributed by atoms with van der Waals surface area (Å²) in [5, 5.41) is 8.78. The molecule has 3 aromatic rings. The zero-order chi connectivity index (χ0) is 23.5. The lowest BCUT2D eigenvalue weighted by Gasteiger charge is -2.06. The third-order valence-electron chi connectivity index (χ3n) is 5.42. The number of aromatic nitrogens is 2. The third kappa shape index (κ3) is 7.21. The molecule has 0 aliphatic rings. The number of hydrogen-bond acceptors (Lipinski definition) is 5. The molecule has 0 bridgehead atoms. The van der Waals surface area contributed by atoms with E-state index in [4.69, 9.17) is 10.00 Å². The van der Waals surface area contributed by atoms with E-state index in [0.29, 0.717) is 11.4 Å². The van der Waals surface area contributed by atoms with Crippen molar-refractivity contribution in [1.29, 1.82) is 5.26 Å². The molecule has 0 N–H and O–H groups in total. The van der Waals surface area contributed by atoms with E-state index in [1.807, 2.05) is 12.4 Å². The maximum atomic E-state index is 13.7. The average Bonchev–Trinajstić information content (AvgIpc) is 2.84. The van der Waals surface area contributed by atoms with Gasteiger partial charge < -0.3 is 4.74 Å². The van der Waals surface area contributed by atoms with Crippen LogP contribution in [0.4, 0.5) is 4.39 Å². The summed E-state index contributed by atoms with van der Waals surface area (Å²) in [4.78, 5) is 21.3. The second-order valence-corrected chi connectivity index (χ2v) is 8.01. The van der Waals surface area contributed by atoms with Gasteiger partial charge in [-0.25, -0.2) is 19.2 Å². The maximum Gasteiger partial charge on any atom is 0.343 e. The zero-order valence-corrected chi connectivity index (χ0v) is 18.9. The number of aryl methyl sites for hydroxylation is 1. The fourth-order valence-corrected chi connectivity index (χ4v) is 3.49. The minimum atomic E-state index is -0.731. The van der Waals surface area contributed by atoms with Crippen molar-refractivity contribution in [2.24, 2.45) is 0 Å². The Morgan fingerprint density at radius 3 is 2.27 bits per heavy atom. The average molecular weight is 446 g/mol. The standard InChI is InChI=1S/C27H28FN3O2/c1-2-3-4-5-6-7-8-9-20-18-30-26(31-19-20)21-10-12-22(13-11-21)27(32)33-24-15-14-23(17-29)25(28)16-24/h10-16,18-19H,2-9H2,1H3. The number of unbranched alkanes of at least 4 members (excludes halogenated alkanes) is 6. The first-order valence-electron chi connectivity index (χ1n) is 11.4. The van der Waals surface area contributed by atoms with E-state index >= 15 is 0 Å². The number of esters is 1. The van der Waals surface area contributed by atoms with Gasteiger partial charge in [-0.3, -0.25) is 0 Å². The highest BCUT2D eigenvalue weighted by molar-refractivity contribution is 5.91. The van der Waals surface area contributed by atoms with E-state index in [0.717, 1.165) is 30.0 Å². The molecule has 1 aromatic heterocycles. The number of carbonyl (C=O) groups is 1. The first-order chi connectivity index (χ1) is 16.1. The lowest BCUT2D eigenvalue weighted by molar-refractivity contribution is 0.0734. The van der Waals surface area contributed by atoms with Crippen molar-refractivity contribution in [1.82, 2.24) is 9.97 Å². The Balaban J connectivity index is 1.51. The monoisotopic (exact) mass is 445 g/mol. The molecule has 0 saturated carbocycles. The summed E-state index contributed by atoms with van der Waals surface area (Å²) < 4.78 is 18.9. The minimum Gasteiger partial charge on any atom is -0.423 e. The van der Waals surface area contributed by atoms with Crippen molar-refractivity contribution in [3.63, 3.8) is 0 Å². The lowest BCUT2D eigenvalue weighted by Crippen LogP contribution is -2.08. The second-order valence-electron chi connectivity index (χ2n) is 8.01. The first-order valence-corrected chi connectivity index (χ1v) is 11.4. The highest BCUT2D eigenvalue weighted by atomic mass is 19.1. The number of rotatable bonds is 11. The summed E-state index contributed by atoms with van der Waals surface area (Å²) >= 11 is 0. The smallest absolute Gasteiger partial charge is 0.343 e. The Morgan fingerprint density at radius 1 is 0.970 bits per heavy atom. The van der Waals surface area contributed by atoms with Crippen molar-refractivity contribution >= 4 is 5.97 Å². The van der Waals surface area contributed by atoms with Gasteiger partial charge in [0.05, 0.1) is 11.1 Å². The van der Waals surface area contributed by atoms with E-state index in [9.17, 15) is 9.18 Å². The summed E-state index contributed by atoms with van der Waals surface area (Å²) in [5.41, 5.74) is 2.13. The normalized spacial score (nSPS) is 10.6. The summed E-state index contributed by atoms with van der Waals surface area (Å²) in [7, 11) is 0. The highest BCUT2D eigenvalue weighted by Gasteiger charge is 2.12. The van der Waals surface area contributed by atoms with Crippen LogP contribution in [0.25, 0.3) is 11.4 Å². The van der Waals surface area contributed by atoms with Gasteiger partial charge in [-0.05, 0) is 42.7 Å². The molecule has 5 nitrogen and oxygen atoms in total. The van der Waals surface area contributed by atoms with Crippen molar-refractivity contribution in [3.8, 4) is 23.2 Å². The van der Waals surface area contributed by atoms with Gasteiger partial charge in [-0.1, -0.05) is 57.6 Å². The number of nitriles is 1. The topological polar surface area (TPSA) is 75.9 Å². The van der Waals surface area contributed by atoms with Gasteiger partial charge in [0.15, 0.2) is 5.82 Å². The lowest BCUT2D eigenvalue weighted by atomic mass is 10.1. The van der Waals surface area contributed by atoms with Crippen molar-refractivity contribution in [2.45, 2.75) is 58.3 Å². The Morgan fingerprint density at radius 2 is 1.64 bits per heavy atom. The number of carbonyl (C=O) groups excluding carboxylic acids is 1. The SMILES string of the molecule is CCCCCCCCCc1cnc(-c2ccc(C(=O)Oc3ccc(C#N)c(F)c3)cc2)nc1. The second kappa shape index (κ2) is 12.4. The van der Waals surface area contributed by atoms with E-state index in [1.54, 1.807) is 30.3 Å². The van der Waals surface area contributed by atoms with Crippen LogP contribution < -0.4 is 4.74 Å². The molecule has 0 fully saturated rings. The summed E-state index contributed by atoms with van der Waals surface area (Å²) in [6.45, 7) is 2.23. The van der Waals surface area contributed by atoms with Crippen molar-refractivity contribution in [2.75, 3.05) is 0 Å².